The fourth-order valence-corrected chi connectivity index (χ4v) is 3.29. The van der Waals surface area contributed by atoms with Gasteiger partial charge >= 0.3 is 11.6 Å². The molecule has 0 aliphatic heterocycles. The molecule has 0 aliphatic carbocycles. The van der Waals surface area contributed by atoms with Crippen LogP contribution in [0.3, 0.4) is 0 Å². The number of hydrogen-bond acceptors (Lipinski definition) is 4. The average Bonchev–Trinajstić information content (AvgIpc) is 2.58. The first-order valence-electron chi connectivity index (χ1n) is 8.14. The highest BCUT2D eigenvalue weighted by molar-refractivity contribution is 6.36. The Morgan fingerprint density at radius 2 is 1.92 bits per heavy atom. The maximum Gasteiger partial charge on any atom is 0.345 e. The first kappa shape index (κ1) is 18.5. The van der Waals surface area contributed by atoms with Gasteiger partial charge in [0.2, 0.25) is 0 Å². The number of carbonyl (C=O) groups is 1. The van der Waals surface area contributed by atoms with E-state index < -0.39 is 11.6 Å². The maximum absolute atomic E-state index is 12.4. The van der Waals surface area contributed by atoms with Gasteiger partial charge in [-0.1, -0.05) is 36.5 Å². The normalized spacial score (nSPS) is 10.9. The van der Waals surface area contributed by atoms with Crippen LogP contribution in [0.15, 0.2) is 45.6 Å². The molecule has 0 aliphatic rings. The minimum Gasteiger partial charge on any atom is -0.422 e. The van der Waals surface area contributed by atoms with Crippen molar-refractivity contribution >= 4 is 40.1 Å². The van der Waals surface area contributed by atoms with Crippen molar-refractivity contribution in [2.75, 3.05) is 0 Å². The SMILES string of the molecule is CCCc1cc(=O)oc2c(C)c(OC(=O)c3ccc(Cl)cc3Cl)ccc12. The van der Waals surface area contributed by atoms with Crippen molar-refractivity contribution in [1.29, 1.82) is 0 Å². The predicted molar refractivity (Wildman–Crippen MR) is 103 cm³/mol. The zero-order chi connectivity index (χ0) is 18.8. The Labute approximate surface area is 160 Å². The van der Waals surface area contributed by atoms with Crippen LogP contribution < -0.4 is 10.4 Å². The summed E-state index contributed by atoms with van der Waals surface area (Å²) in [5.74, 6) is -0.300. The molecule has 3 rings (SSSR count). The summed E-state index contributed by atoms with van der Waals surface area (Å²) < 4.78 is 10.8. The fraction of sp³-hybridized carbons (Fsp3) is 0.200. The van der Waals surface area contributed by atoms with Gasteiger partial charge in [0, 0.05) is 22.0 Å². The molecule has 0 atom stereocenters. The molecule has 6 heteroatoms. The molecule has 4 nitrogen and oxygen atoms in total. The Hall–Kier alpha value is -2.30. The van der Waals surface area contributed by atoms with Crippen LogP contribution >= 0.6 is 23.2 Å². The molecular formula is C20H16Cl2O4. The van der Waals surface area contributed by atoms with Gasteiger partial charge in [0.05, 0.1) is 10.6 Å². The van der Waals surface area contributed by atoms with Crippen LogP contribution in [0.4, 0.5) is 0 Å². The molecule has 0 spiro atoms. The Morgan fingerprint density at radius 3 is 2.62 bits per heavy atom. The third kappa shape index (κ3) is 3.62. The molecule has 0 bridgehead atoms. The van der Waals surface area contributed by atoms with E-state index in [1.807, 2.05) is 6.92 Å². The van der Waals surface area contributed by atoms with Gasteiger partial charge in [-0.25, -0.2) is 9.59 Å². The zero-order valence-corrected chi connectivity index (χ0v) is 15.8. The van der Waals surface area contributed by atoms with Gasteiger partial charge in [-0.05, 0) is 49.2 Å². The summed E-state index contributed by atoms with van der Waals surface area (Å²) in [7, 11) is 0. The lowest BCUT2D eigenvalue weighted by Gasteiger charge is -2.11. The molecule has 0 saturated heterocycles. The molecule has 0 saturated carbocycles. The predicted octanol–water partition coefficient (Wildman–Crippen LogP) is 5.58. The molecule has 3 aromatic rings. The second-order valence-electron chi connectivity index (χ2n) is 5.92. The molecule has 0 unspecified atom stereocenters. The van der Waals surface area contributed by atoms with Crippen molar-refractivity contribution in [3.05, 3.63) is 73.6 Å². The summed E-state index contributed by atoms with van der Waals surface area (Å²) in [6.45, 7) is 3.78. The number of esters is 1. The number of rotatable bonds is 4. The smallest absolute Gasteiger partial charge is 0.345 e. The average molecular weight is 391 g/mol. The highest BCUT2D eigenvalue weighted by atomic mass is 35.5. The Morgan fingerprint density at radius 1 is 1.15 bits per heavy atom. The zero-order valence-electron chi connectivity index (χ0n) is 14.3. The van der Waals surface area contributed by atoms with E-state index in [0.717, 1.165) is 23.8 Å². The van der Waals surface area contributed by atoms with E-state index in [-0.39, 0.29) is 10.6 Å². The standard InChI is InChI=1S/C20H16Cl2O4/c1-3-4-12-9-18(23)26-19-11(2)17(8-7-14(12)19)25-20(24)15-6-5-13(21)10-16(15)22/h5-10H,3-4H2,1-2H3. The number of ether oxygens (including phenoxy) is 1. The summed E-state index contributed by atoms with van der Waals surface area (Å²) in [5, 5.41) is 1.48. The Kier molecular flexibility index (Phi) is 5.35. The quantitative estimate of drug-likeness (QED) is 0.331. The molecular weight excluding hydrogens is 375 g/mol. The minimum absolute atomic E-state index is 0.205. The molecule has 0 fully saturated rings. The van der Waals surface area contributed by atoms with E-state index in [4.69, 9.17) is 32.4 Å². The van der Waals surface area contributed by atoms with Gasteiger partial charge in [0.25, 0.3) is 0 Å². The van der Waals surface area contributed by atoms with E-state index in [2.05, 4.69) is 0 Å². The van der Waals surface area contributed by atoms with Crippen LogP contribution in [0.25, 0.3) is 11.0 Å². The van der Waals surface area contributed by atoms with Gasteiger partial charge in [0.15, 0.2) is 0 Å². The van der Waals surface area contributed by atoms with Crippen LogP contribution in [0.1, 0.15) is 34.8 Å². The minimum atomic E-state index is -0.610. The maximum atomic E-state index is 12.4. The molecule has 0 radical (unpaired) electrons. The van der Waals surface area contributed by atoms with Crippen LogP contribution in [0.2, 0.25) is 10.0 Å². The van der Waals surface area contributed by atoms with E-state index in [9.17, 15) is 9.59 Å². The number of benzene rings is 2. The molecule has 1 heterocycles. The van der Waals surface area contributed by atoms with E-state index in [0.29, 0.717) is 21.9 Å². The molecule has 1 aromatic heterocycles. The first-order chi connectivity index (χ1) is 12.4. The highest BCUT2D eigenvalue weighted by Crippen LogP contribution is 2.30. The number of hydrogen-bond donors (Lipinski definition) is 0. The van der Waals surface area contributed by atoms with Crippen molar-refractivity contribution in [3.8, 4) is 5.75 Å². The Balaban J connectivity index is 2.02. The molecule has 134 valence electrons. The van der Waals surface area contributed by atoms with Crippen molar-refractivity contribution in [1.82, 2.24) is 0 Å². The molecule has 2 aromatic carbocycles. The fourth-order valence-electron chi connectivity index (χ4n) is 2.80. The van der Waals surface area contributed by atoms with Gasteiger partial charge in [-0.2, -0.15) is 0 Å². The lowest BCUT2D eigenvalue weighted by molar-refractivity contribution is 0.0734. The van der Waals surface area contributed by atoms with Crippen LogP contribution in [-0.4, -0.2) is 5.97 Å². The van der Waals surface area contributed by atoms with E-state index >= 15 is 0 Å². The van der Waals surface area contributed by atoms with E-state index in [1.165, 1.54) is 18.2 Å². The van der Waals surface area contributed by atoms with Gasteiger partial charge in [-0.3, -0.25) is 0 Å². The number of aryl methyl sites for hydroxylation is 2. The van der Waals surface area contributed by atoms with Crippen molar-refractivity contribution in [2.45, 2.75) is 26.7 Å². The van der Waals surface area contributed by atoms with Crippen molar-refractivity contribution in [3.63, 3.8) is 0 Å². The molecule has 26 heavy (non-hydrogen) atoms. The van der Waals surface area contributed by atoms with Gasteiger partial charge in [-0.15, -0.1) is 0 Å². The van der Waals surface area contributed by atoms with Crippen molar-refractivity contribution in [2.24, 2.45) is 0 Å². The first-order valence-corrected chi connectivity index (χ1v) is 8.90. The largest absolute Gasteiger partial charge is 0.422 e. The second kappa shape index (κ2) is 7.52. The molecule has 0 amide bonds. The van der Waals surface area contributed by atoms with Crippen LogP contribution in [0, 0.1) is 6.92 Å². The third-order valence-electron chi connectivity index (χ3n) is 4.07. The second-order valence-corrected chi connectivity index (χ2v) is 6.76. The van der Waals surface area contributed by atoms with Gasteiger partial charge in [0.1, 0.15) is 11.3 Å². The highest BCUT2D eigenvalue weighted by Gasteiger charge is 2.17. The lowest BCUT2D eigenvalue weighted by Crippen LogP contribution is -2.10. The monoisotopic (exact) mass is 390 g/mol. The summed E-state index contributed by atoms with van der Waals surface area (Å²) in [6.07, 6.45) is 1.67. The number of halogens is 2. The van der Waals surface area contributed by atoms with Crippen LogP contribution in [0.5, 0.6) is 5.75 Å². The summed E-state index contributed by atoms with van der Waals surface area (Å²) in [5.41, 5.74) is 1.70. The summed E-state index contributed by atoms with van der Waals surface area (Å²) >= 11 is 11.9. The summed E-state index contributed by atoms with van der Waals surface area (Å²) in [4.78, 5) is 24.3. The topological polar surface area (TPSA) is 56.5 Å². The Bertz CT molecular complexity index is 1050. The number of fused-ring (bicyclic) bond motifs is 1. The van der Waals surface area contributed by atoms with E-state index in [1.54, 1.807) is 25.1 Å². The molecule has 0 N–H and O–H groups in total. The summed E-state index contributed by atoms with van der Waals surface area (Å²) in [6, 6.07) is 9.53. The van der Waals surface area contributed by atoms with Crippen molar-refractivity contribution < 1.29 is 13.9 Å². The number of carbonyl (C=O) groups excluding carboxylic acids is 1. The third-order valence-corrected chi connectivity index (χ3v) is 4.62. The van der Waals surface area contributed by atoms with Crippen LogP contribution in [-0.2, 0) is 6.42 Å². The lowest BCUT2D eigenvalue weighted by atomic mass is 10.0. The van der Waals surface area contributed by atoms with Gasteiger partial charge < -0.3 is 9.15 Å².